The lowest BCUT2D eigenvalue weighted by Gasteiger charge is -2.37. The van der Waals surface area contributed by atoms with Gasteiger partial charge in [0.2, 0.25) is 0 Å². The van der Waals surface area contributed by atoms with Crippen molar-refractivity contribution in [3.63, 3.8) is 0 Å². The molecule has 1 N–H and O–H groups in total. The van der Waals surface area contributed by atoms with Gasteiger partial charge in [0.1, 0.15) is 11.3 Å². The zero-order valence-electron chi connectivity index (χ0n) is 13.6. The minimum atomic E-state index is -0.535. The maximum Gasteiger partial charge on any atom is 0.260 e. The Balaban J connectivity index is 1.74. The van der Waals surface area contributed by atoms with Crippen LogP contribution in [-0.4, -0.2) is 46.2 Å². The van der Waals surface area contributed by atoms with Crippen LogP contribution in [0.2, 0.25) is 5.02 Å². The van der Waals surface area contributed by atoms with E-state index in [1.165, 1.54) is 0 Å². The molecule has 0 aliphatic carbocycles. The van der Waals surface area contributed by atoms with E-state index in [0.717, 1.165) is 24.6 Å². The van der Waals surface area contributed by atoms with Crippen molar-refractivity contribution >= 4 is 28.4 Å². The maximum absolute atomic E-state index is 12.5. The average Bonchev–Trinajstić information content (AvgIpc) is 2.61. The number of fused-ring (bicyclic) bond motifs is 1. The summed E-state index contributed by atoms with van der Waals surface area (Å²) in [6.07, 6.45) is 3.95. The van der Waals surface area contributed by atoms with Gasteiger partial charge in [0.15, 0.2) is 6.61 Å². The first kappa shape index (κ1) is 17.0. The van der Waals surface area contributed by atoms with Crippen LogP contribution in [0.5, 0.6) is 5.75 Å². The lowest BCUT2D eigenvalue weighted by molar-refractivity contribution is -0.139. The van der Waals surface area contributed by atoms with Crippen LogP contribution >= 0.6 is 11.6 Å². The van der Waals surface area contributed by atoms with E-state index in [0.29, 0.717) is 22.8 Å². The topological polar surface area (TPSA) is 62.7 Å². The van der Waals surface area contributed by atoms with E-state index >= 15 is 0 Å². The van der Waals surface area contributed by atoms with Crippen molar-refractivity contribution in [1.29, 1.82) is 0 Å². The number of aromatic nitrogens is 1. The number of benzene rings is 1. The van der Waals surface area contributed by atoms with Gasteiger partial charge in [-0.1, -0.05) is 11.6 Å². The summed E-state index contributed by atoms with van der Waals surface area (Å²) in [5.41, 5.74) is 0.642. The van der Waals surface area contributed by atoms with Crippen molar-refractivity contribution in [3.05, 3.63) is 35.5 Å². The number of pyridine rings is 1. The van der Waals surface area contributed by atoms with Gasteiger partial charge in [-0.2, -0.15) is 0 Å². The van der Waals surface area contributed by atoms with Crippen molar-refractivity contribution in [2.45, 2.75) is 38.3 Å². The van der Waals surface area contributed by atoms with Crippen LogP contribution < -0.4 is 4.74 Å². The number of carbonyl (C=O) groups is 1. The molecule has 0 bridgehead atoms. The van der Waals surface area contributed by atoms with E-state index in [-0.39, 0.29) is 18.6 Å². The summed E-state index contributed by atoms with van der Waals surface area (Å²) in [5, 5.41) is 11.3. The summed E-state index contributed by atoms with van der Waals surface area (Å²) in [5.74, 6) is 0.425. The molecule has 128 valence electrons. The Morgan fingerprint density at radius 3 is 3.08 bits per heavy atom. The molecule has 0 spiro atoms. The molecule has 2 heterocycles. The van der Waals surface area contributed by atoms with Crippen LogP contribution in [0.4, 0.5) is 0 Å². The average molecular weight is 349 g/mol. The second kappa shape index (κ2) is 7.36. The molecule has 24 heavy (non-hydrogen) atoms. The second-order valence-corrected chi connectivity index (χ2v) is 6.53. The van der Waals surface area contributed by atoms with Gasteiger partial charge in [-0.15, -0.1) is 0 Å². The highest BCUT2D eigenvalue weighted by Crippen LogP contribution is 2.29. The van der Waals surface area contributed by atoms with Crippen LogP contribution in [0, 0.1) is 0 Å². The van der Waals surface area contributed by atoms with Crippen LogP contribution in [0.1, 0.15) is 26.2 Å². The van der Waals surface area contributed by atoms with Crippen molar-refractivity contribution in [1.82, 2.24) is 9.88 Å². The highest BCUT2D eigenvalue weighted by Gasteiger charge is 2.30. The molecule has 1 aromatic carbocycles. The summed E-state index contributed by atoms with van der Waals surface area (Å²) in [6.45, 7) is 2.32. The molecule has 5 nitrogen and oxygen atoms in total. The Kier molecular flexibility index (Phi) is 5.21. The minimum absolute atomic E-state index is 0.0729. The molecule has 1 amide bonds. The molecule has 2 unspecified atom stereocenters. The number of piperidine rings is 1. The standard InChI is InChI=1S/C18H21ClN2O3/c1-12(22)15-6-2-3-10-21(15)17(23)11-24-16-8-7-14(19)13-5-4-9-20-18(13)16/h4-5,7-9,12,15,22H,2-3,6,10-11H2,1H3. The summed E-state index contributed by atoms with van der Waals surface area (Å²) >= 11 is 6.17. The maximum atomic E-state index is 12.5. The summed E-state index contributed by atoms with van der Waals surface area (Å²) in [6, 6.07) is 7.02. The predicted octanol–water partition coefficient (Wildman–Crippen LogP) is 3.03. The molecule has 1 aliphatic rings. The number of ether oxygens (including phenoxy) is 1. The molecule has 0 radical (unpaired) electrons. The highest BCUT2D eigenvalue weighted by atomic mass is 35.5. The van der Waals surface area contributed by atoms with Gasteiger partial charge in [-0.05, 0) is 50.5 Å². The number of aliphatic hydroxyl groups is 1. The predicted molar refractivity (Wildman–Crippen MR) is 93.3 cm³/mol. The first-order valence-corrected chi connectivity index (χ1v) is 8.59. The Hall–Kier alpha value is -1.85. The monoisotopic (exact) mass is 348 g/mol. The minimum Gasteiger partial charge on any atom is -0.481 e. The van der Waals surface area contributed by atoms with Gasteiger partial charge in [-0.3, -0.25) is 9.78 Å². The smallest absolute Gasteiger partial charge is 0.260 e. The second-order valence-electron chi connectivity index (χ2n) is 6.12. The number of carbonyl (C=O) groups excluding carboxylic acids is 1. The molecule has 1 aliphatic heterocycles. The number of halogens is 1. The molecule has 3 rings (SSSR count). The lowest BCUT2D eigenvalue weighted by Crippen LogP contribution is -2.50. The Labute approximate surface area is 146 Å². The van der Waals surface area contributed by atoms with Crippen LogP contribution in [0.25, 0.3) is 10.9 Å². The SMILES string of the molecule is CC(O)C1CCCCN1C(=O)COc1ccc(Cl)c2cccnc12. The molecule has 2 atom stereocenters. The first-order chi connectivity index (χ1) is 11.6. The zero-order valence-corrected chi connectivity index (χ0v) is 14.4. The van der Waals surface area contributed by atoms with Gasteiger partial charge in [0.05, 0.1) is 17.2 Å². The number of likely N-dealkylation sites (tertiary alicyclic amines) is 1. The Morgan fingerprint density at radius 1 is 1.46 bits per heavy atom. The molecule has 0 saturated carbocycles. The van der Waals surface area contributed by atoms with Crippen molar-refractivity contribution < 1.29 is 14.6 Å². The fourth-order valence-electron chi connectivity index (χ4n) is 3.22. The first-order valence-electron chi connectivity index (χ1n) is 8.21. The van der Waals surface area contributed by atoms with Crippen LogP contribution in [0.15, 0.2) is 30.5 Å². The Bertz CT molecular complexity index is 735. The normalized spacial score (nSPS) is 19.3. The summed E-state index contributed by atoms with van der Waals surface area (Å²) < 4.78 is 5.72. The van der Waals surface area contributed by atoms with Crippen molar-refractivity contribution in [3.8, 4) is 5.75 Å². The molecular formula is C18H21ClN2O3. The molecular weight excluding hydrogens is 328 g/mol. The van der Waals surface area contributed by atoms with E-state index in [4.69, 9.17) is 16.3 Å². The van der Waals surface area contributed by atoms with Gasteiger partial charge in [-0.25, -0.2) is 0 Å². The quantitative estimate of drug-likeness (QED) is 0.922. The molecule has 1 fully saturated rings. The fourth-order valence-corrected chi connectivity index (χ4v) is 3.43. The third-order valence-corrected chi connectivity index (χ3v) is 4.79. The number of nitrogens with zero attached hydrogens (tertiary/aromatic N) is 2. The molecule has 1 aromatic heterocycles. The summed E-state index contributed by atoms with van der Waals surface area (Å²) in [4.78, 5) is 18.6. The van der Waals surface area contributed by atoms with E-state index in [9.17, 15) is 9.90 Å². The largest absolute Gasteiger partial charge is 0.481 e. The highest BCUT2D eigenvalue weighted by molar-refractivity contribution is 6.35. The van der Waals surface area contributed by atoms with Crippen molar-refractivity contribution in [2.75, 3.05) is 13.2 Å². The van der Waals surface area contributed by atoms with Crippen molar-refractivity contribution in [2.24, 2.45) is 0 Å². The van der Waals surface area contributed by atoms with Crippen LogP contribution in [0.3, 0.4) is 0 Å². The number of aliphatic hydroxyl groups excluding tert-OH is 1. The number of hydrogen-bond acceptors (Lipinski definition) is 4. The van der Waals surface area contributed by atoms with Gasteiger partial charge >= 0.3 is 0 Å². The van der Waals surface area contributed by atoms with Gasteiger partial charge in [0, 0.05) is 18.1 Å². The number of rotatable bonds is 4. The third kappa shape index (κ3) is 3.47. The molecule has 2 aromatic rings. The lowest BCUT2D eigenvalue weighted by atomic mass is 9.98. The fraction of sp³-hybridized carbons (Fsp3) is 0.444. The molecule has 6 heteroatoms. The van der Waals surface area contributed by atoms with E-state index in [1.807, 2.05) is 12.1 Å². The van der Waals surface area contributed by atoms with Gasteiger partial charge in [0.25, 0.3) is 5.91 Å². The van der Waals surface area contributed by atoms with E-state index in [1.54, 1.807) is 30.2 Å². The Morgan fingerprint density at radius 2 is 2.29 bits per heavy atom. The number of hydrogen-bond donors (Lipinski definition) is 1. The van der Waals surface area contributed by atoms with Gasteiger partial charge < -0.3 is 14.7 Å². The molecule has 1 saturated heterocycles. The number of amides is 1. The van der Waals surface area contributed by atoms with E-state index in [2.05, 4.69) is 4.98 Å². The van der Waals surface area contributed by atoms with Crippen LogP contribution in [-0.2, 0) is 4.79 Å². The third-order valence-electron chi connectivity index (χ3n) is 4.46. The zero-order chi connectivity index (χ0) is 17.1. The van der Waals surface area contributed by atoms with E-state index < -0.39 is 6.10 Å². The summed E-state index contributed by atoms with van der Waals surface area (Å²) in [7, 11) is 0.